The normalized spacial score (nSPS) is 17.9. The Balaban J connectivity index is 1.62. The summed E-state index contributed by atoms with van der Waals surface area (Å²) < 4.78 is 0. The summed E-state index contributed by atoms with van der Waals surface area (Å²) in [6.07, 6.45) is 2.58. The Kier molecular flexibility index (Phi) is 7.26. The van der Waals surface area contributed by atoms with Crippen molar-refractivity contribution in [2.75, 3.05) is 33.7 Å². The highest BCUT2D eigenvalue weighted by Gasteiger charge is 2.25. The van der Waals surface area contributed by atoms with Crippen molar-refractivity contribution >= 4 is 28.6 Å². The van der Waals surface area contributed by atoms with Gasteiger partial charge in [0.25, 0.3) is 0 Å². The van der Waals surface area contributed by atoms with Crippen molar-refractivity contribution in [1.29, 1.82) is 0 Å². The predicted molar refractivity (Wildman–Crippen MR) is 117 cm³/mol. The molecule has 5 nitrogen and oxygen atoms in total. The standard InChI is InChI=1S/C20H31N5S2/c1-15-7-9-25(10-8-15)18(19-6-5-11-26-19)12-22-20(21-3)24(4)13-17-14-27-16(2)23-17/h5-6,11,14-15,18H,7-10,12-13H2,1-4H3,(H,21,22). The molecule has 1 N–H and O–H groups in total. The first-order valence-electron chi connectivity index (χ1n) is 9.67. The quantitative estimate of drug-likeness (QED) is 0.583. The highest BCUT2D eigenvalue weighted by atomic mass is 32.1. The molecule has 1 fully saturated rings. The number of aliphatic imine (C=N–C) groups is 1. The van der Waals surface area contributed by atoms with E-state index in [9.17, 15) is 0 Å². The molecular weight excluding hydrogens is 374 g/mol. The molecule has 1 aliphatic heterocycles. The molecule has 7 heteroatoms. The van der Waals surface area contributed by atoms with Crippen LogP contribution < -0.4 is 5.32 Å². The number of aromatic nitrogens is 1. The van der Waals surface area contributed by atoms with Crippen LogP contribution in [0.3, 0.4) is 0 Å². The smallest absolute Gasteiger partial charge is 0.193 e. The van der Waals surface area contributed by atoms with E-state index >= 15 is 0 Å². The highest BCUT2D eigenvalue weighted by molar-refractivity contribution is 7.10. The molecule has 0 spiro atoms. The Morgan fingerprint density at radius 3 is 2.78 bits per heavy atom. The summed E-state index contributed by atoms with van der Waals surface area (Å²) in [6.45, 7) is 8.42. The SMILES string of the molecule is CN=C(NCC(c1cccs1)N1CCC(C)CC1)N(C)Cc1csc(C)n1. The van der Waals surface area contributed by atoms with Gasteiger partial charge in [-0.2, -0.15) is 0 Å². The van der Waals surface area contributed by atoms with Crippen LogP contribution in [0.5, 0.6) is 0 Å². The second kappa shape index (κ2) is 9.66. The second-order valence-electron chi connectivity index (χ2n) is 7.39. The van der Waals surface area contributed by atoms with E-state index in [1.54, 1.807) is 11.3 Å². The number of piperidine rings is 1. The van der Waals surface area contributed by atoms with Crippen molar-refractivity contribution in [3.05, 3.63) is 38.5 Å². The number of nitrogens with one attached hydrogen (secondary N) is 1. The third kappa shape index (κ3) is 5.53. The fourth-order valence-electron chi connectivity index (χ4n) is 3.60. The topological polar surface area (TPSA) is 43.8 Å². The number of hydrogen-bond acceptors (Lipinski definition) is 5. The first-order valence-corrected chi connectivity index (χ1v) is 11.4. The van der Waals surface area contributed by atoms with Crippen LogP contribution in [0.25, 0.3) is 0 Å². The maximum absolute atomic E-state index is 4.57. The van der Waals surface area contributed by atoms with Crippen molar-refractivity contribution in [1.82, 2.24) is 20.1 Å². The Hall–Kier alpha value is -1.44. The van der Waals surface area contributed by atoms with Crippen LogP contribution in [-0.4, -0.2) is 54.5 Å². The zero-order valence-corrected chi connectivity index (χ0v) is 18.4. The van der Waals surface area contributed by atoms with Gasteiger partial charge in [0.1, 0.15) is 0 Å². The van der Waals surface area contributed by atoms with E-state index in [4.69, 9.17) is 0 Å². The zero-order chi connectivity index (χ0) is 19.2. The van der Waals surface area contributed by atoms with Crippen molar-refractivity contribution in [2.45, 2.75) is 39.3 Å². The van der Waals surface area contributed by atoms with E-state index in [0.29, 0.717) is 6.04 Å². The summed E-state index contributed by atoms with van der Waals surface area (Å²) in [4.78, 5) is 15.3. The van der Waals surface area contributed by atoms with E-state index in [-0.39, 0.29) is 0 Å². The number of guanidine groups is 1. The average molecular weight is 406 g/mol. The lowest BCUT2D eigenvalue weighted by Gasteiger charge is -2.37. The largest absolute Gasteiger partial charge is 0.354 e. The molecular formula is C20H31N5S2. The fourth-order valence-corrected chi connectivity index (χ4v) is 5.07. The van der Waals surface area contributed by atoms with Gasteiger partial charge in [0.15, 0.2) is 5.96 Å². The molecule has 148 valence electrons. The number of thiophene rings is 1. The van der Waals surface area contributed by atoms with Gasteiger partial charge in [-0.25, -0.2) is 4.98 Å². The van der Waals surface area contributed by atoms with Crippen molar-refractivity contribution in [2.24, 2.45) is 10.9 Å². The molecule has 2 aromatic rings. The third-order valence-corrected chi connectivity index (χ3v) is 7.02. The highest BCUT2D eigenvalue weighted by Crippen LogP contribution is 2.29. The number of likely N-dealkylation sites (tertiary alicyclic amines) is 1. The van der Waals surface area contributed by atoms with Crippen LogP contribution in [0.2, 0.25) is 0 Å². The van der Waals surface area contributed by atoms with Gasteiger partial charge in [0.2, 0.25) is 0 Å². The first-order chi connectivity index (χ1) is 13.1. The number of rotatable bonds is 6. The van der Waals surface area contributed by atoms with Gasteiger partial charge >= 0.3 is 0 Å². The van der Waals surface area contributed by atoms with Crippen LogP contribution in [0.15, 0.2) is 27.9 Å². The van der Waals surface area contributed by atoms with Crippen LogP contribution in [-0.2, 0) is 6.54 Å². The lowest BCUT2D eigenvalue weighted by atomic mass is 9.97. The first kappa shape index (κ1) is 20.3. The van der Waals surface area contributed by atoms with Crippen molar-refractivity contribution in [3.63, 3.8) is 0 Å². The molecule has 3 rings (SSSR count). The van der Waals surface area contributed by atoms with Crippen LogP contribution in [0.4, 0.5) is 0 Å². The minimum absolute atomic E-state index is 0.407. The average Bonchev–Trinajstić information content (AvgIpc) is 3.32. The Morgan fingerprint density at radius 1 is 1.41 bits per heavy atom. The fraction of sp³-hybridized carbons (Fsp3) is 0.600. The number of nitrogens with zero attached hydrogens (tertiary/aromatic N) is 4. The predicted octanol–water partition coefficient (Wildman–Crippen LogP) is 3.99. The lowest BCUT2D eigenvalue weighted by molar-refractivity contribution is 0.140. The Morgan fingerprint density at radius 2 is 2.19 bits per heavy atom. The zero-order valence-electron chi connectivity index (χ0n) is 16.8. The molecule has 1 unspecified atom stereocenters. The van der Waals surface area contributed by atoms with Crippen molar-refractivity contribution in [3.8, 4) is 0 Å². The molecule has 3 heterocycles. The van der Waals surface area contributed by atoms with Crippen LogP contribution >= 0.6 is 22.7 Å². The summed E-state index contributed by atoms with van der Waals surface area (Å²) in [5.74, 6) is 1.77. The molecule has 1 aliphatic rings. The summed E-state index contributed by atoms with van der Waals surface area (Å²) in [6, 6.07) is 4.83. The summed E-state index contributed by atoms with van der Waals surface area (Å²) >= 11 is 3.55. The number of thiazole rings is 1. The maximum Gasteiger partial charge on any atom is 0.193 e. The monoisotopic (exact) mass is 405 g/mol. The maximum atomic E-state index is 4.57. The molecule has 27 heavy (non-hydrogen) atoms. The summed E-state index contributed by atoms with van der Waals surface area (Å²) in [7, 11) is 3.93. The minimum Gasteiger partial charge on any atom is -0.354 e. The van der Waals surface area contributed by atoms with Gasteiger partial charge in [-0.05, 0) is 50.2 Å². The van der Waals surface area contributed by atoms with E-state index in [1.165, 1.54) is 30.8 Å². The van der Waals surface area contributed by atoms with E-state index in [2.05, 4.69) is 62.0 Å². The Labute approximate surface area is 171 Å². The van der Waals surface area contributed by atoms with Gasteiger partial charge in [0, 0.05) is 30.9 Å². The van der Waals surface area contributed by atoms with Crippen LogP contribution in [0, 0.1) is 12.8 Å². The van der Waals surface area contributed by atoms with E-state index < -0.39 is 0 Å². The van der Waals surface area contributed by atoms with Gasteiger partial charge in [-0.15, -0.1) is 22.7 Å². The van der Waals surface area contributed by atoms with Gasteiger partial charge in [-0.1, -0.05) is 13.0 Å². The van der Waals surface area contributed by atoms with Crippen LogP contribution in [0.1, 0.15) is 41.4 Å². The van der Waals surface area contributed by atoms with Gasteiger partial charge in [-0.3, -0.25) is 9.89 Å². The molecule has 0 bridgehead atoms. The molecule has 0 radical (unpaired) electrons. The van der Waals surface area contributed by atoms with Crippen molar-refractivity contribution < 1.29 is 0 Å². The second-order valence-corrected chi connectivity index (χ2v) is 9.43. The summed E-state index contributed by atoms with van der Waals surface area (Å²) in [5, 5.41) is 9.03. The van der Waals surface area contributed by atoms with E-state index in [1.807, 2.05) is 25.3 Å². The molecule has 1 saturated heterocycles. The molecule has 0 aliphatic carbocycles. The molecule has 2 aromatic heterocycles. The van der Waals surface area contributed by atoms with Gasteiger partial charge < -0.3 is 10.2 Å². The number of hydrogen-bond donors (Lipinski definition) is 1. The third-order valence-electron chi connectivity index (χ3n) is 5.22. The number of aryl methyl sites for hydroxylation is 1. The minimum atomic E-state index is 0.407. The molecule has 1 atom stereocenters. The molecule has 0 amide bonds. The molecule has 0 saturated carbocycles. The molecule has 0 aromatic carbocycles. The lowest BCUT2D eigenvalue weighted by Crippen LogP contribution is -2.45. The van der Waals surface area contributed by atoms with E-state index in [0.717, 1.165) is 35.7 Å². The Bertz CT molecular complexity index is 717. The summed E-state index contributed by atoms with van der Waals surface area (Å²) in [5.41, 5.74) is 1.10. The van der Waals surface area contributed by atoms with Gasteiger partial charge in [0.05, 0.1) is 23.3 Å².